The minimum absolute atomic E-state index is 0.204. The third-order valence-electron chi connectivity index (χ3n) is 3.31. The number of fused-ring (bicyclic) bond motifs is 1. The lowest BCUT2D eigenvalue weighted by atomic mass is 10.1. The van der Waals surface area contributed by atoms with Crippen LogP contribution in [0.15, 0.2) is 36.4 Å². The topological polar surface area (TPSA) is 63.3 Å². The first kappa shape index (κ1) is 15.3. The molecule has 21 heavy (non-hydrogen) atoms. The Morgan fingerprint density at radius 1 is 1.19 bits per heavy atom. The van der Waals surface area contributed by atoms with Gasteiger partial charge in [-0.2, -0.15) is 0 Å². The number of benzene rings is 2. The Kier molecular flexibility index (Phi) is 4.81. The molecule has 2 aromatic carbocycles. The Balaban J connectivity index is 0.000000154. The maximum absolute atomic E-state index is 12.5. The molecule has 0 unspecified atom stereocenters. The van der Waals surface area contributed by atoms with Crippen molar-refractivity contribution >= 4 is 17.5 Å². The fourth-order valence-electron chi connectivity index (χ4n) is 2.25. The molecule has 5 heteroatoms. The second kappa shape index (κ2) is 6.59. The molecule has 0 heterocycles. The summed E-state index contributed by atoms with van der Waals surface area (Å²) in [4.78, 5) is 10.5. The van der Waals surface area contributed by atoms with Gasteiger partial charge in [-0.05, 0) is 54.7 Å². The number of rotatable bonds is 1. The summed E-state index contributed by atoms with van der Waals surface area (Å²) in [7, 11) is 0. The minimum atomic E-state index is -0.846. The molecule has 0 fully saturated rings. The summed E-state index contributed by atoms with van der Waals surface area (Å²) >= 11 is 5.82. The Morgan fingerprint density at radius 2 is 1.90 bits per heavy atom. The van der Waals surface area contributed by atoms with Crippen molar-refractivity contribution in [1.29, 1.82) is 0 Å². The van der Waals surface area contributed by atoms with Crippen LogP contribution in [-0.2, 0) is 12.8 Å². The predicted octanol–water partition coefficient (Wildman–Crippen LogP) is 3.46. The molecule has 0 aromatic heterocycles. The van der Waals surface area contributed by atoms with Gasteiger partial charge < -0.3 is 10.8 Å². The molecule has 3 rings (SSSR count). The Morgan fingerprint density at radius 3 is 2.57 bits per heavy atom. The molecule has 1 amide bonds. The monoisotopic (exact) mass is 307 g/mol. The number of hydrogen-bond acceptors (Lipinski definition) is 2. The summed E-state index contributed by atoms with van der Waals surface area (Å²) in [6.07, 6.45) is 3.76. The van der Waals surface area contributed by atoms with Crippen LogP contribution in [0, 0.1) is 5.82 Å². The second-order valence-corrected chi connectivity index (χ2v) is 5.20. The van der Waals surface area contributed by atoms with Crippen LogP contribution in [-0.4, -0.2) is 11.0 Å². The molecule has 0 radical (unpaired) electrons. The predicted molar refractivity (Wildman–Crippen MR) is 80.1 cm³/mol. The van der Waals surface area contributed by atoms with Gasteiger partial charge in [-0.3, -0.25) is 4.79 Å². The summed E-state index contributed by atoms with van der Waals surface area (Å²) in [6.45, 7) is 0. The van der Waals surface area contributed by atoms with Crippen molar-refractivity contribution in [3.63, 3.8) is 0 Å². The second-order valence-electron chi connectivity index (χ2n) is 4.77. The van der Waals surface area contributed by atoms with Crippen molar-refractivity contribution in [1.82, 2.24) is 0 Å². The number of carbonyl (C=O) groups is 1. The van der Waals surface area contributed by atoms with E-state index in [0.29, 0.717) is 0 Å². The number of aromatic hydroxyl groups is 1. The molecular formula is C16H15ClFNO2. The van der Waals surface area contributed by atoms with Gasteiger partial charge in [0.15, 0.2) is 11.6 Å². The quantitative estimate of drug-likeness (QED) is 0.847. The van der Waals surface area contributed by atoms with Gasteiger partial charge in [-0.15, -0.1) is 0 Å². The van der Waals surface area contributed by atoms with Crippen molar-refractivity contribution < 1.29 is 14.3 Å². The fraction of sp³-hybridized carbons (Fsp3) is 0.188. The Hall–Kier alpha value is -2.07. The summed E-state index contributed by atoms with van der Waals surface area (Å²) in [5, 5.41) is 9.77. The zero-order valence-electron chi connectivity index (χ0n) is 11.3. The van der Waals surface area contributed by atoms with E-state index in [2.05, 4.69) is 12.1 Å². The standard InChI is InChI=1S/C9H9Cl.C7H6FNO2/c10-9-5-4-7-2-1-3-8(7)6-9;8-5-3-1-2-4(6(5)10)7(9)11/h4-6H,1-3H2;1-3,10H,(H2,9,11). The normalized spacial score (nSPS) is 12.3. The van der Waals surface area contributed by atoms with E-state index in [-0.39, 0.29) is 5.56 Å². The zero-order valence-corrected chi connectivity index (χ0v) is 12.0. The number of nitrogens with two attached hydrogens (primary N) is 1. The van der Waals surface area contributed by atoms with E-state index in [4.69, 9.17) is 22.4 Å². The van der Waals surface area contributed by atoms with E-state index < -0.39 is 17.5 Å². The highest BCUT2D eigenvalue weighted by Gasteiger charge is 2.10. The largest absolute Gasteiger partial charge is 0.504 e. The highest BCUT2D eigenvalue weighted by molar-refractivity contribution is 6.30. The van der Waals surface area contributed by atoms with Crippen LogP contribution in [0.4, 0.5) is 4.39 Å². The highest BCUT2D eigenvalue weighted by atomic mass is 35.5. The first-order valence-corrected chi connectivity index (χ1v) is 6.91. The van der Waals surface area contributed by atoms with Gasteiger partial charge in [0, 0.05) is 5.02 Å². The molecule has 0 spiro atoms. The number of primary amides is 1. The molecule has 0 saturated carbocycles. The van der Waals surface area contributed by atoms with Gasteiger partial charge in [0.05, 0.1) is 5.56 Å². The smallest absolute Gasteiger partial charge is 0.252 e. The number of para-hydroxylation sites is 1. The van der Waals surface area contributed by atoms with Crippen LogP contribution in [0.5, 0.6) is 5.75 Å². The first-order valence-electron chi connectivity index (χ1n) is 6.53. The number of amides is 1. The number of carbonyl (C=O) groups excluding carboxylic acids is 1. The molecule has 1 aliphatic carbocycles. The van der Waals surface area contributed by atoms with Gasteiger partial charge in [0.2, 0.25) is 0 Å². The first-order chi connectivity index (χ1) is 9.99. The lowest BCUT2D eigenvalue weighted by molar-refractivity contribution is 0.0997. The van der Waals surface area contributed by atoms with Crippen molar-refractivity contribution in [3.05, 3.63) is 63.9 Å². The molecule has 0 bridgehead atoms. The van der Waals surface area contributed by atoms with Crippen molar-refractivity contribution in [2.45, 2.75) is 19.3 Å². The number of halogens is 2. The summed E-state index contributed by atoms with van der Waals surface area (Å²) in [5.74, 6) is -2.39. The van der Waals surface area contributed by atoms with Crippen LogP contribution in [0.1, 0.15) is 27.9 Å². The van der Waals surface area contributed by atoms with E-state index in [1.54, 1.807) is 0 Å². The molecule has 0 saturated heterocycles. The minimum Gasteiger partial charge on any atom is -0.504 e. The maximum Gasteiger partial charge on any atom is 0.252 e. The van der Waals surface area contributed by atoms with Gasteiger partial charge in [0.1, 0.15) is 0 Å². The van der Waals surface area contributed by atoms with Crippen LogP contribution in [0.3, 0.4) is 0 Å². The average Bonchev–Trinajstić information content (AvgIpc) is 2.89. The lowest BCUT2D eigenvalue weighted by Crippen LogP contribution is -2.11. The Labute approximate surface area is 127 Å². The fourth-order valence-corrected chi connectivity index (χ4v) is 2.45. The molecule has 0 atom stereocenters. The van der Waals surface area contributed by atoms with E-state index >= 15 is 0 Å². The van der Waals surface area contributed by atoms with Gasteiger partial charge in [0.25, 0.3) is 5.91 Å². The van der Waals surface area contributed by atoms with Crippen LogP contribution < -0.4 is 5.73 Å². The van der Waals surface area contributed by atoms with E-state index in [1.807, 2.05) is 6.07 Å². The molecule has 2 aromatic rings. The third kappa shape index (κ3) is 3.73. The molecule has 1 aliphatic rings. The lowest BCUT2D eigenvalue weighted by Gasteiger charge is -1.98. The number of phenols is 1. The molecule has 110 valence electrons. The summed E-state index contributed by atoms with van der Waals surface area (Å²) in [5.41, 5.74) is 7.56. The van der Waals surface area contributed by atoms with Crippen LogP contribution in [0.2, 0.25) is 5.02 Å². The molecular weight excluding hydrogens is 293 g/mol. The van der Waals surface area contributed by atoms with E-state index in [1.165, 1.54) is 42.5 Å². The molecule has 3 N–H and O–H groups in total. The van der Waals surface area contributed by atoms with Crippen LogP contribution >= 0.6 is 11.6 Å². The zero-order chi connectivity index (χ0) is 15.4. The number of hydrogen-bond donors (Lipinski definition) is 2. The number of aryl methyl sites for hydroxylation is 2. The summed E-state index contributed by atoms with van der Waals surface area (Å²) < 4.78 is 12.5. The third-order valence-corrected chi connectivity index (χ3v) is 3.55. The summed E-state index contributed by atoms with van der Waals surface area (Å²) in [6, 6.07) is 9.80. The average molecular weight is 308 g/mol. The van der Waals surface area contributed by atoms with Gasteiger partial charge >= 0.3 is 0 Å². The Bertz CT molecular complexity index is 673. The van der Waals surface area contributed by atoms with Gasteiger partial charge in [-0.1, -0.05) is 23.7 Å². The van der Waals surface area contributed by atoms with Crippen molar-refractivity contribution in [3.8, 4) is 5.75 Å². The van der Waals surface area contributed by atoms with Gasteiger partial charge in [-0.25, -0.2) is 4.39 Å². The van der Waals surface area contributed by atoms with E-state index in [0.717, 1.165) is 11.1 Å². The SMILES string of the molecule is Clc1ccc2c(c1)CCC2.NC(=O)c1cccc(F)c1O. The van der Waals surface area contributed by atoms with Crippen molar-refractivity contribution in [2.24, 2.45) is 5.73 Å². The maximum atomic E-state index is 12.5. The molecule has 0 aliphatic heterocycles. The molecule has 3 nitrogen and oxygen atoms in total. The van der Waals surface area contributed by atoms with Crippen LogP contribution in [0.25, 0.3) is 0 Å². The van der Waals surface area contributed by atoms with E-state index in [9.17, 15) is 9.18 Å². The van der Waals surface area contributed by atoms with Crippen molar-refractivity contribution in [2.75, 3.05) is 0 Å². The highest BCUT2D eigenvalue weighted by Crippen LogP contribution is 2.24.